The highest BCUT2D eigenvalue weighted by Crippen LogP contribution is 2.24. The molecule has 122 valence electrons. The number of piperidine rings is 1. The molecule has 3 fully saturated rings. The van der Waals surface area contributed by atoms with Crippen molar-refractivity contribution in [3.8, 4) is 0 Å². The lowest BCUT2D eigenvalue weighted by atomic mass is 9.96. The van der Waals surface area contributed by atoms with Gasteiger partial charge < -0.3 is 10.2 Å². The molecule has 0 aliphatic carbocycles. The highest BCUT2D eigenvalue weighted by atomic mass is 16.2. The zero-order valence-electron chi connectivity index (χ0n) is 14.0. The van der Waals surface area contributed by atoms with E-state index in [9.17, 15) is 4.79 Å². The zero-order chi connectivity index (χ0) is 15.2. The number of carbonyl (C=O) groups is 1. The molecule has 3 rings (SSSR count). The van der Waals surface area contributed by atoms with Gasteiger partial charge in [-0.3, -0.25) is 14.6 Å². The summed E-state index contributed by atoms with van der Waals surface area (Å²) in [6.45, 7) is 14.8. The number of nitrogens with zero attached hydrogens (tertiary/aromatic N) is 3. The molecule has 0 aromatic rings. The Kier molecular flexibility index (Phi) is 6.45. The van der Waals surface area contributed by atoms with Gasteiger partial charge in [-0.2, -0.15) is 0 Å². The standard InChI is InChI=1S/C14H26N4O.C2H6/c1-12(19)16-6-2-13(3-7-16)18-10-14(11-18)17-8-4-15-5-9-17;1-2/h13-15H,2-11H2,1H3;1-2H3. The van der Waals surface area contributed by atoms with Gasteiger partial charge in [-0.15, -0.1) is 0 Å². The summed E-state index contributed by atoms with van der Waals surface area (Å²) in [5, 5.41) is 3.42. The van der Waals surface area contributed by atoms with Crippen LogP contribution in [0.25, 0.3) is 0 Å². The lowest BCUT2D eigenvalue weighted by Crippen LogP contribution is -2.65. The van der Waals surface area contributed by atoms with E-state index in [0.717, 1.165) is 51.1 Å². The van der Waals surface area contributed by atoms with E-state index < -0.39 is 0 Å². The molecular formula is C16H32N4O. The Morgan fingerprint density at radius 3 is 2.00 bits per heavy atom. The predicted octanol–water partition coefficient (Wildman–Crippen LogP) is 0.613. The number of hydrogen-bond acceptors (Lipinski definition) is 4. The number of carbonyl (C=O) groups excluding carboxylic acids is 1. The molecule has 1 amide bonds. The fraction of sp³-hybridized carbons (Fsp3) is 0.938. The van der Waals surface area contributed by atoms with E-state index in [-0.39, 0.29) is 5.91 Å². The molecule has 21 heavy (non-hydrogen) atoms. The van der Waals surface area contributed by atoms with E-state index in [1.165, 1.54) is 26.2 Å². The number of piperazine rings is 1. The van der Waals surface area contributed by atoms with Gasteiger partial charge in [0, 0.05) is 71.4 Å². The second kappa shape index (κ2) is 8.11. The van der Waals surface area contributed by atoms with Crippen molar-refractivity contribution in [3.05, 3.63) is 0 Å². The number of nitrogens with one attached hydrogen (secondary N) is 1. The molecule has 5 nitrogen and oxygen atoms in total. The molecule has 0 radical (unpaired) electrons. The Labute approximate surface area is 129 Å². The first-order valence-corrected chi connectivity index (χ1v) is 8.68. The predicted molar refractivity (Wildman–Crippen MR) is 86.4 cm³/mol. The largest absolute Gasteiger partial charge is 0.343 e. The van der Waals surface area contributed by atoms with Crippen molar-refractivity contribution in [1.82, 2.24) is 20.0 Å². The molecule has 3 saturated heterocycles. The minimum Gasteiger partial charge on any atom is -0.343 e. The number of rotatable bonds is 2. The summed E-state index contributed by atoms with van der Waals surface area (Å²) in [6.07, 6.45) is 2.32. The van der Waals surface area contributed by atoms with Crippen LogP contribution in [0.3, 0.4) is 0 Å². The molecule has 0 unspecified atom stereocenters. The summed E-state index contributed by atoms with van der Waals surface area (Å²) in [7, 11) is 0. The fourth-order valence-corrected chi connectivity index (χ4v) is 3.61. The van der Waals surface area contributed by atoms with E-state index in [4.69, 9.17) is 0 Å². The van der Waals surface area contributed by atoms with E-state index >= 15 is 0 Å². The first-order valence-electron chi connectivity index (χ1n) is 8.68. The maximum Gasteiger partial charge on any atom is 0.219 e. The molecule has 0 saturated carbocycles. The smallest absolute Gasteiger partial charge is 0.219 e. The van der Waals surface area contributed by atoms with Gasteiger partial charge in [-0.05, 0) is 12.8 Å². The summed E-state index contributed by atoms with van der Waals surface area (Å²) in [4.78, 5) is 18.6. The summed E-state index contributed by atoms with van der Waals surface area (Å²) in [5.41, 5.74) is 0. The average molecular weight is 296 g/mol. The van der Waals surface area contributed by atoms with Crippen molar-refractivity contribution in [1.29, 1.82) is 0 Å². The molecule has 0 bridgehead atoms. The first-order chi connectivity index (χ1) is 10.2. The van der Waals surface area contributed by atoms with Crippen molar-refractivity contribution < 1.29 is 4.79 Å². The van der Waals surface area contributed by atoms with Gasteiger partial charge in [0.2, 0.25) is 5.91 Å². The van der Waals surface area contributed by atoms with Gasteiger partial charge in [0.15, 0.2) is 0 Å². The Hall–Kier alpha value is -0.650. The molecular weight excluding hydrogens is 264 g/mol. The molecule has 3 aliphatic rings. The third-order valence-corrected chi connectivity index (χ3v) is 4.98. The minimum atomic E-state index is 0.237. The molecule has 5 heteroatoms. The number of amides is 1. The van der Waals surface area contributed by atoms with Crippen LogP contribution in [-0.4, -0.2) is 85.0 Å². The summed E-state index contributed by atoms with van der Waals surface area (Å²) < 4.78 is 0. The van der Waals surface area contributed by atoms with Crippen LogP contribution >= 0.6 is 0 Å². The Bertz CT molecular complexity index is 316. The third-order valence-electron chi connectivity index (χ3n) is 4.98. The SMILES string of the molecule is CC.CC(=O)N1CCC(N2CC(N3CCNCC3)C2)CC1. The van der Waals surface area contributed by atoms with Crippen LogP contribution in [0.5, 0.6) is 0 Å². The van der Waals surface area contributed by atoms with Gasteiger partial charge in [-0.25, -0.2) is 0 Å². The lowest BCUT2D eigenvalue weighted by molar-refractivity contribution is -0.131. The first kappa shape index (κ1) is 16.7. The topological polar surface area (TPSA) is 38.8 Å². The summed E-state index contributed by atoms with van der Waals surface area (Å²) in [6, 6.07) is 1.50. The van der Waals surface area contributed by atoms with Crippen molar-refractivity contribution in [3.63, 3.8) is 0 Å². The van der Waals surface area contributed by atoms with E-state index in [0.29, 0.717) is 0 Å². The molecule has 0 aromatic carbocycles. The van der Waals surface area contributed by atoms with Crippen LogP contribution in [0.4, 0.5) is 0 Å². The van der Waals surface area contributed by atoms with Crippen molar-refractivity contribution in [2.45, 2.75) is 45.7 Å². The van der Waals surface area contributed by atoms with E-state index in [1.54, 1.807) is 6.92 Å². The highest BCUT2D eigenvalue weighted by Gasteiger charge is 2.37. The van der Waals surface area contributed by atoms with Crippen LogP contribution in [0.1, 0.15) is 33.6 Å². The maximum absolute atomic E-state index is 11.3. The highest BCUT2D eigenvalue weighted by molar-refractivity contribution is 5.73. The molecule has 3 aliphatic heterocycles. The van der Waals surface area contributed by atoms with Crippen LogP contribution in [-0.2, 0) is 4.79 Å². The van der Waals surface area contributed by atoms with Crippen molar-refractivity contribution >= 4 is 5.91 Å². The van der Waals surface area contributed by atoms with Gasteiger partial charge in [-0.1, -0.05) is 13.8 Å². The minimum absolute atomic E-state index is 0.237. The average Bonchev–Trinajstić information content (AvgIpc) is 2.49. The summed E-state index contributed by atoms with van der Waals surface area (Å²) >= 11 is 0. The van der Waals surface area contributed by atoms with Crippen LogP contribution in [0, 0.1) is 0 Å². The van der Waals surface area contributed by atoms with Gasteiger partial charge in [0.05, 0.1) is 0 Å². The molecule has 0 spiro atoms. The second-order valence-corrected chi connectivity index (χ2v) is 6.13. The Morgan fingerprint density at radius 2 is 1.48 bits per heavy atom. The molecule has 0 aromatic heterocycles. The summed E-state index contributed by atoms with van der Waals surface area (Å²) in [5.74, 6) is 0.237. The number of hydrogen-bond donors (Lipinski definition) is 1. The van der Waals surface area contributed by atoms with E-state index in [1.807, 2.05) is 18.7 Å². The van der Waals surface area contributed by atoms with Crippen molar-refractivity contribution in [2.24, 2.45) is 0 Å². The maximum atomic E-state index is 11.3. The molecule has 0 atom stereocenters. The molecule has 1 N–H and O–H groups in total. The van der Waals surface area contributed by atoms with Gasteiger partial charge in [0.25, 0.3) is 0 Å². The third kappa shape index (κ3) is 4.18. The van der Waals surface area contributed by atoms with E-state index in [2.05, 4.69) is 15.1 Å². The Morgan fingerprint density at radius 1 is 0.905 bits per heavy atom. The monoisotopic (exact) mass is 296 g/mol. The normalized spacial score (nSPS) is 26.0. The van der Waals surface area contributed by atoms with Crippen molar-refractivity contribution in [2.75, 3.05) is 52.4 Å². The molecule has 3 heterocycles. The fourth-order valence-electron chi connectivity index (χ4n) is 3.61. The van der Waals surface area contributed by atoms with Crippen LogP contribution < -0.4 is 5.32 Å². The Balaban J connectivity index is 0.000000774. The zero-order valence-corrected chi connectivity index (χ0v) is 14.0. The van der Waals surface area contributed by atoms with Crippen LogP contribution in [0.15, 0.2) is 0 Å². The van der Waals surface area contributed by atoms with Gasteiger partial charge >= 0.3 is 0 Å². The second-order valence-electron chi connectivity index (χ2n) is 6.13. The lowest BCUT2D eigenvalue weighted by Gasteiger charge is -2.51. The number of likely N-dealkylation sites (tertiary alicyclic amines) is 2. The quantitative estimate of drug-likeness (QED) is 0.810. The van der Waals surface area contributed by atoms with Gasteiger partial charge in [0.1, 0.15) is 0 Å². The van der Waals surface area contributed by atoms with Crippen LogP contribution in [0.2, 0.25) is 0 Å².